The van der Waals surface area contributed by atoms with Crippen molar-refractivity contribution in [3.8, 4) is 5.75 Å². The Hall–Kier alpha value is -1.59. The van der Waals surface area contributed by atoms with Crippen LogP contribution in [0.15, 0.2) is 24.3 Å². The molecular weight excluding hydrogens is 244 g/mol. The molecule has 1 amide bonds. The summed E-state index contributed by atoms with van der Waals surface area (Å²) < 4.78 is 10.5. The minimum absolute atomic E-state index is 0.0204. The van der Waals surface area contributed by atoms with Gasteiger partial charge in [-0.15, -0.1) is 0 Å². The van der Waals surface area contributed by atoms with E-state index >= 15 is 0 Å². The first-order valence-corrected chi connectivity index (χ1v) is 6.25. The third kappa shape index (κ3) is 4.89. The highest BCUT2D eigenvalue weighted by Crippen LogP contribution is 2.12. The molecule has 1 rings (SSSR count). The summed E-state index contributed by atoms with van der Waals surface area (Å²) >= 11 is 0. The Bertz CT molecular complexity index is 392. The summed E-state index contributed by atoms with van der Waals surface area (Å²) in [6, 6.07) is 7.43. The van der Waals surface area contributed by atoms with Crippen LogP contribution in [0.25, 0.3) is 0 Å². The van der Waals surface area contributed by atoms with Gasteiger partial charge in [-0.2, -0.15) is 0 Å². The molecule has 0 bridgehead atoms. The van der Waals surface area contributed by atoms with E-state index in [1.807, 2.05) is 31.2 Å². The first-order chi connectivity index (χ1) is 9.08. The maximum absolute atomic E-state index is 11.9. The quantitative estimate of drug-likeness (QED) is 0.800. The van der Waals surface area contributed by atoms with Crippen LogP contribution in [0.1, 0.15) is 12.5 Å². The van der Waals surface area contributed by atoms with Gasteiger partial charge in [0.15, 0.2) is 6.61 Å². The van der Waals surface area contributed by atoms with Crippen LogP contribution in [0.2, 0.25) is 0 Å². The predicted molar refractivity (Wildman–Crippen MR) is 73.9 cm³/mol. The summed E-state index contributed by atoms with van der Waals surface area (Å²) in [5.74, 6) is 0.589. The van der Waals surface area contributed by atoms with Crippen molar-refractivity contribution in [2.45, 2.75) is 19.5 Å². The lowest BCUT2D eigenvalue weighted by atomic mass is 10.2. The Morgan fingerprint density at radius 1 is 1.37 bits per heavy atom. The lowest BCUT2D eigenvalue weighted by Gasteiger charge is -2.24. The average molecular weight is 266 g/mol. The van der Waals surface area contributed by atoms with Gasteiger partial charge in [0.2, 0.25) is 0 Å². The van der Waals surface area contributed by atoms with Gasteiger partial charge >= 0.3 is 0 Å². The second-order valence-electron chi connectivity index (χ2n) is 4.45. The molecule has 1 unspecified atom stereocenters. The van der Waals surface area contributed by atoms with E-state index < -0.39 is 0 Å². The summed E-state index contributed by atoms with van der Waals surface area (Å²) in [7, 11) is 3.36. The summed E-state index contributed by atoms with van der Waals surface area (Å²) in [6.07, 6.45) is 0. The van der Waals surface area contributed by atoms with Gasteiger partial charge in [0.05, 0.1) is 12.6 Å². The number of nitrogens with zero attached hydrogens (tertiary/aromatic N) is 1. The van der Waals surface area contributed by atoms with Crippen LogP contribution in [-0.2, 0) is 16.1 Å². The molecule has 5 nitrogen and oxygen atoms in total. The third-order valence-electron chi connectivity index (χ3n) is 2.98. The Morgan fingerprint density at radius 3 is 2.53 bits per heavy atom. The Kier molecular flexibility index (Phi) is 6.32. The normalized spacial score (nSPS) is 12.0. The molecule has 0 aliphatic heterocycles. The molecule has 1 atom stereocenters. The number of carbonyl (C=O) groups excluding carboxylic acids is 1. The molecule has 0 saturated carbocycles. The van der Waals surface area contributed by atoms with Gasteiger partial charge in [-0.3, -0.25) is 4.79 Å². The van der Waals surface area contributed by atoms with Crippen LogP contribution in [0.5, 0.6) is 5.75 Å². The summed E-state index contributed by atoms with van der Waals surface area (Å²) in [4.78, 5) is 13.5. The molecule has 2 N–H and O–H groups in total. The molecule has 0 aromatic heterocycles. The molecule has 0 spiro atoms. The number of methoxy groups -OCH3 is 1. The molecule has 0 aliphatic rings. The molecule has 0 radical (unpaired) electrons. The predicted octanol–water partition coefficient (Wildman–Crippen LogP) is 1.02. The van der Waals surface area contributed by atoms with Crippen molar-refractivity contribution in [1.82, 2.24) is 4.90 Å². The fourth-order valence-electron chi connectivity index (χ4n) is 1.57. The molecule has 0 fully saturated rings. The second-order valence-corrected chi connectivity index (χ2v) is 4.45. The van der Waals surface area contributed by atoms with Crippen molar-refractivity contribution in [2.75, 3.05) is 27.4 Å². The summed E-state index contributed by atoms with van der Waals surface area (Å²) in [5, 5.41) is 0. The van der Waals surface area contributed by atoms with Gasteiger partial charge in [-0.25, -0.2) is 0 Å². The highest BCUT2D eigenvalue weighted by molar-refractivity contribution is 5.77. The lowest BCUT2D eigenvalue weighted by Crippen LogP contribution is -2.40. The van der Waals surface area contributed by atoms with Crippen molar-refractivity contribution in [3.63, 3.8) is 0 Å². The van der Waals surface area contributed by atoms with E-state index in [0.717, 1.165) is 5.56 Å². The standard InChI is InChI=1S/C14H22N2O3/c1-11(9-18-3)16(2)14(17)10-19-13-6-4-12(8-15)5-7-13/h4-7,11H,8-10,15H2,1-3H3. The van der Waals surface area contributed by atoms with Crippen LogP contribution < -0.4 is 10.5 Å². The Balaban J connectivity index is 2.44. The zero-order valence-corrected chi connectivity index (χ0v) is 11.8. The smallest absolute Gasteiger partial charge is 0.260 e. The number of ether oxygens (including phenoxy) is 2. The highest BCUT2D eigenvalue weighted by atomic mass is 16.5. The number of likely N-dealkylation sites (N-methyl/N-ethyl adjacent to an activating group) is 1. The van der Waals surface area contributed by atoms with Crippen LogP contribution in [0.4, 0.5) is 0 Å². The van der Waals surface area contributed by atoms with Crippen molar-refractivity contribution < 1.29 is 14.3 Å². The van der Waals surface area contributed by atoms with Crippen molar-refractivity contribution >= 4 is 5.91 Å². The molecule has 0 heterocycles. The number of hydrogen-bond acceptors (Lipinski definition) is 4. The van der Waals surface area contributed by atoms with E-state index in [1.165, 1.54) is 0 Å². The number of amides is 1. The lowest BCUT2D eigenvalue weighted by molar-refractivity contribution is -0.134. The monoisotopic (exact) mass is 266 g/mol. The number of hydrogen-bond donors (Lipinski definition) is 1. The molecule has 0 aliphatic carbocycles. The van der Waals surface area contributed by atoms with Gasteiger partial charge in [0, 0.05) is 20.7 Å². The number of carbonyl (C=O) groups is 1. The topological polar surface area (TPSA) is 64.8 Å². The van der Waals surface area contributed by atoms with Gasteiger partial charge in [-0.05, 0) is 24.6 Å². The molecule has 106 valence electrons. The summed E-state index contributed by atoms with van der Waals surface area (Å²) in [6.45, 7) is 2.95. The zero-order valence-electron chi connectivity index (χ0n) is 11.8. The highest BCUT2D eigenvalue weighted by Gasteiger charge is 2.15. The molecule has 1 aromatic carbocycles. The zero-order chi connectivity index (χ0) is 14.3. The SMILES string of the molecule is COCC(C)N(C)C(=O)COc1ccc(CN)cc1. The van der Waals surface area contributed by atoms with Gasteiger partial charge in [0.25, 0.3) is 5.91 Å². The molecule has 5 heteroatoms. The van der Waals surface area contributed by atoms with Crippen molar-refractivity contribution in [2.24, 2.45) is 5.73 Å². The molecule has 19 heavy (non-hydrogen) atoms. The van der Waals surface area contributed by atoms with E-state index in [4.69, 9.17) is 15.2 Å². The number of rotatable bonds is 7. The molecule has 1 aromatic rings. The van der Waals surface area contributed by atoms with Crippen LogP contribution in [-0.4, -0.2) is 44.2 Å². The first kappa shape index (κ1) is 15.5. The average Bonchev–Trinajstić information content (AvgIpc) is 2.44. The third-order valence-corrected chi connectivity index (χ3v) is 2.98. The molecular formula is C14H22N2O3. The van der Waals surface area contributed by atoms with E-state index in [9.17, 15) is 4.79 Å². The van der Waals surface area contributed by atoms with Crippen LogP contribution in [0, 0.1) is 0 Å². The van der Waals surface area contributed by atoms with E-state index in [0.29, 0.717) is 18.9 Å². The fraction of sp³-hybridized carbons (Fsp3) is 0.500. The maximum Gasteiger partial charge on any atom is 0.260 e. The van der Waals surface area contributed by atoms with E-state index in [-0.39, 0.29) is 18.6 Å². The Morgan fingerprint density at radius 2 is 2.00 bits per heavy atom. The largest absolute Gasteiger partial charge is 0.484 e. The van der Waals surface area contributed by atoms with Crippen LogP contribution >= 0.6 is 0 Å². The van der Waals surface area contributed by atoms with E-state index in [1.54, 1.807) is 19.1 Å². The maximum atomic E-state index is 11.9. The minimum atomic E-state index is -0.0764. The van der Waals surface area contributed by atoms with Gasteiger partial charge < -0.3 is 20.1 Å². The minimum Gasteiger partial charge on any atom is -0.484 e. The first-order valence-electron chi connectivity index (χ1n) is 6.25. The molecule has 0 saturated heterocycles. The summed E-state index contributed by atoms with van der Waals surface area (Å²) in [5.41, 5.74) is 6.54. The number of benzene rings is 1. The van der Waals surface area contributed by atoms with Gasteiger partial charge in [-0.1, -0.05) is 12.1 Å². The van der Waals surface area contributed by atoms with Crippen LogP contribution in [0.3, 0.4) is 0 Å². The fourth-order valence-corrected chi connectivity index (χ4v) is 1.57. The van der Waals surface area contributed by atoms with E-state index in [2.05, 4.69) is 0 Å². The Labute approximate surface area is 114 Å². The number of nitrogens with two attached hydrogens (primary N) is 1. The van der Waals surface area contributed by atoms with Crippen molar-refractivity contribution in [3.05, 3.63) is 29.8 Å². The second kappa shape index (κ2) is 7.76. The van der Waals surface area contributed by atoms with Gasteiger partial charge in [0.1, 0.15) is 5.75 Å². The van der Waals surface area contributed by atoms with Crippen molar-refractivity contribution in [1.29, 1.82) is 0 Å².